The number of ether oxygens (including phenoxy) is 1. The number of anilines is 1. The molecule has 0 fully saturated rings. The molecule has 174 valence electrons. The molecule has 1 atom stereocenters. The van der Waals surface area contributed by atoms with Gasteiger partial charge in [0, 0.05) is 30.9 Å². The van der Waals surface area contributed by atoms with E-state index >= 15 is 0 Å². The number of carbonyl (C=O) groups is 1. The van der Waals surface area contributed by atoms with Crippen LogP contribution in [0.4, 0.5) is 5.13 Å². The van der Waals surface area contributed by atoms with Gasteiger partial charge in [0.1, 0.15) is 5.75 Å². The van der Waals surface area contributed by atoms with E-state index in [0.29, 0.717) is 10.9 Å². The van der Waals surface area contributed by atoms with Crippen LogP contribution in [-0.2, 0) is 34.3 Å². The summed E-state index contributed by atoms with van der Waals surface area (Å²) in [6, 6.07) is 15.3. The first-order chi connectivity index (χ1) is 15.8. The van der Waals surface area contributed by atoms with Crippen molar-refractivity contribution in [3.63, 3.8) is 0 Å². The number of fused-ring (bicyclic) bond motifs is 1. The molecule has 4 rings (SSSR count). The smallest absolute Gasteiger partial charge is 0.244 e. The normalized spacial score (nSPS) is 15.0. The fourth-order valence-electron chi connectivity index (χ4n) is 3.60. The number of sulfonamides is 1. The molecule has 1 aromatic heterocycles. The van der Waals surface area contributed by atoms with Crippen molar-refractivity contribution < 1.29 is 17.9 Å². The Hall–Kier alpha value is -2.79. The van der Waals surface area contributed by atoms with Crippen molar-refractivity contribution in [1.29, 1.82) is 0 Å². The topological polar surface area (TPSA) is 101 Å². The van der Waals surface area contributed by atoms with E-state index in [-0.39, 0.29) is 4.90 Å². The lowest BCUT2D eigenvalue weighted by atomic mass is 10.1. The molecule has 2 heterocycles. The van der Waals surface area contributed by atoms with Gasteiger partial charge in [-0.05, 0) is 36.8 Å². The molecule has 1 aliphatic rings. The van der Waals surface area contributed by atoms with E-state index in [9.17, 15) is 13.2 Å². The van der Waals surface area contributed by atoms with E-state index in [4.69, 9.17) is 4.74 Å². The van der Waals surface area contributed by atoms with Gasteiger partial charge >= 0.3 is 0 Å². The summed E-state index contributed by atoms with van der Waals surface area (Å²) in [4.78, 5) is 20.7. The largest absolute Gasteiger partial charge is 0.497 e. The number of methoxy groups -OCH3 is 1. The number of hydrogen-bond acceptors (Lipinski definition) is 7. The molecule has 0 bridgehead atoms. The molecule has 10 heteroatoms. The SMILES string of the molecule is COc1ccc(S(=O)(=O)N[C@@H](C)C(=O)Nc2nc3c(s2)CN(Cc2ccccc2)CC3)cc1. The number of rotatable bonds is 8. The van der Waals surface area contributed by atoms with Crippen LogP contribution >= 0.6 is 11.3 Å². The zero-order valence-corrected chi connectivity index (χ0v) is 20.1. The maximum atomic E-state index is 12.6. The Labute approximate surface area is 197 Å². The summed E-state index contributed by atoms with van der Waals surface area (Å²) in [5, 5.41) is 3.25. The monoisotopic (exact) mass is 486 g/mol. The van der Waals surface area contributed by atoms with Crippen LogP contribution in [-0.4, -0.2) is 43.9 Å². The molecule has 1 aliphatic heterocycles. The molecule has 1 amide bonds. The summed E-state index contributed by atoms with van der Waals surface area (Å²) >= 11 is 1.44. The summed E-state index contributed by atoms with van der Waals surface area (Å²) in [7, 11) is -2.35. The predicted octanol–water partition coefficient (Wildman–Crippen LogP) is 3.02. The van der Waals surface area contributed by atoms with E-state index in [1.54, 1.807) is 12.1 Å². The molecule has 2 aromatic carbocycles. The molecule has 0 unspecified atom stereocenters. The number of amides is 1. The van der Waals surface area contributed by atoms with Gasteiger partial charge in [-0.2, -0.15) is 4.72 Å². The van der Waals surface area contributed by atoms with Crippen molar-refractivity contribution >= 4 is 32.4 Å². The number of aromatic nitrogens is 1. The number of thiazole rings is 1. The summed E-state index contributed by atoms with van der Waals surface area (Å²) in [6.45, 7) is 4.05. The standard InChI is InChI=1S/C23H26N4O4S2/c1-16(26-33(29,30)19-10-8-18(31-2)9-11-19)22(28)25-23-24-20-12-13-27(15-21(20)32-23)14-17-6-4-3-5-7-17/h3-11,16,26H,12-15H2,1-2H3,(H,24,25,28)/t16-/m0/s1. The minimum absolute atomic E-state index is 0.0613. The van der Waals surface area contributed by atoms with Crippen LogP contribution in [0.25, 0.3) is 0 Å². The summed E-state index contributed by atoms with van der Waals surface area (Å²) < 4.78 is 32.7. The van der Waals surface area contributed by atoms with Crippen molar-refractivity contribution in [3.8, 4) is 5.75 Å². The molecular weight excluding hydrogens is 460 g/mol. The Morgan fingerprint density at radius 1 is 1.18 bits per heavy atom. The highest BCUT2D eigenvalue weighted by atomic mass is 32.2. The number of benzene rings is 2. The maximum Gasteiger partial charge on any atom is 0.244 e. The average Bonchev–Trinajstić information content (AvgIpc) is 3.21. The van der Waals surface area contributed by atoms with Crippen LogP contribution < -0.4 is 14.8 Å². The summed E-state index contributed by atoms with van der Waals surface area (Å²) in [6.07, 6.45) is 0.814. The van der Waals surface area contributed by atoms with Crippen molar-refractivity contribution in [2.24, 2.45) is 0 Å². The molecule has 0 spiro atoms. The van der Waals surface area contributed by atoms with Crippen molar-refractivity contribution in [3.05, 3.63) is 70.7 Å². The van der Waals surface area contributed by atoms with Gasteiger partial charge in [0.2, 0.25) is 15.9 Å². The number of nitrogens with one attached hydrogen (secondary N) is 2. The van der Waals surface area contributed by atoms with E-state index in [2.05, 4.69) is 32.1 Å². The third kappa shape index (κ3) is 5.77. The van der Waals surface area contributed by atoms with Gasteiger partial charge < -0.3 is 10.1 Å². The van der Waals surface area contributed by atoms with Crippen molar-refractivity contribution in [1.82, 2.24) is 14.6 Å². The van der Waals surface area contributed by atoms with Crippen LogP contribution in [0.3, 0.4) is 0 Å². The van der Waals surface area contributed by atoms with Crippen LogP contribution in [0.1, 0.15) is 23.1 Å². The van der Waals surface area contributed by atoms with Crippen LogP contribution in [0.15, 0.2) is 59.5 Å². The van der Waals surface area contributed by atoms with E-state index < -0.39 is 22.0 Å². The van der Waals surface area contributed by atoms with Crippen molar-refractivity contribution in [2.45, 2.75) is 37.4 Å². The summed E-state index contributed by atoms with van der Waals surface area (Å²) in [5.74, 6) is 0.0918. The van der Waals surface area contributed by atoms with E-state index in [1.165, 1.54) is 43.1 Å². The zero-order valence-electron chi connectivity index (χ0n) is 18.4. The Balaban J connectivity index is 1.36. The highest BCUT2D eigenvalue weighted by molar-refractivity contribution is 7.89. The van der Waals surface area contributed by atoms with Crippen molar-refractivity contribution in [2.75, 3.05) is 19.0 Å². The Morgan fingerprint density at radius 3 is 2.61 bits per heavy atom. The van der Waals surface area contributed by atoms with Gasteiger partial charge in [0.15, 0.2) is 5.13 Å². The van der Waals surface area contributed by atoms with Gasteiger partial charge in [-0.25, -0.2) is 13.4 Å². The lowest BCUT2D eigenvalue weighted by Gasteiger charge is -2.25. The first-order valence-corrected chi connectivity index (χ1v) is 12.9. The first-order valence-electron chi connectivity index (χ1n) is 10.6. The second-order valence-corrected chi connectivity index (χ2v) is 10.6. The third-order valence-electron chi connectivity index (χ3n) is 5.38. The Bertz CT molecular complexity index is 1210. The molecule has 3 aromatic rings. The van der Waals surface area contributed by atoms with Gasteiger partial charge in [-0.1, -0.05) is 30.3 Å². The number of nitrogens with zero attached hydrogens (tertiary/aromatic N) is 2. The van der Waals surface area contributed by atoms with Gasteiger partial charge in [0.25, 0.3) is 0 Å². The molecule has 2 N–H and O–H groups in total. The molecule has 8 nitrogen and oxygen atoms in total. The molecule has 33 heavy (non-hydrogen) atoms. The van der Waals surface area contributed by atoms with Gasteiger partial charge in [-0.3, -0.25) is 9.69 Å². The number of hydrogen-bond donors (Lipinski definition) is 2. The lowest BCUT2D eigenvalue weighted by molar-refractivity contribution is -0.117. The molecular formula is C23H26N4O4S2. The van der Waals surface area contributed by atoms with E-state index in [0.717, 1.165) is 36.6 Å². The highest BCUT2D eigenvalue weighted by Crippen LogP contribution is 2.29. The minimum atomic E-state index is -3.85. The quantitative estimate of drug-likeness (QED) is 0.508. The van der Waals surface area contributed by atoms with Gasteiger partial charge in [0.05, 0.1) is 23.7 Å². The third-order valence-corrected chi connectivity index (χ3v) is 7.94. The van der Waals surface area contributed by atoms with Crippen LogP contribution in [0.5, 0.6) is 5.75 Å². The second-order valence-electron chi connectivity index (χ2n) is 7.84. The molecule has 0 saturated heterocycles. The minimum Gasteiger partial charge on any atom is -0.497 e. The average molecular weight is 487 g/mol. The van der Waals surface area contributed by atoms with Crippen LogP contribution in [0.2, 0.25) is 0 Å². The Kier molecular flexibility index (Phi) is 7.08. The zero-order chi connectivity index (χ0) is 23.4. The molecule has 0 radical (unpaired) electrons. The predicted molar refractivity (Wildman–Crippen MR) is 128 cm³/mol. The van der Waals surface area contributed by atoms with Crippen LogP contribution in [0, 0.1) is 0 Å². The fraction of sp³-hybridized carbons (Fsp3) is 0.304. The molecule has 0 aliphatic carbocycles. The first kappa shape index (κ1) is 23.4. The lowest BCUT2D eigenvalue weighted by Crippen LogP contribution is -2.41. The summed E-state index contributed by atoms with van der Waals surface area (Å²) in [5.41, 5.74) is 2.25. The highest BCUT2D eigenvalue weighted by Gasteiger charge is 2.25. The number of carbonyl (C=O) groups excluding carboxylic acids is 1. The fourth-order valence-corrected chi connectivity index (χ4v) is 5.86. The molecule has 0 saturated carbocycles. The Morgan fingerprint density at radius 2 is 1.91 bits per heavy atom. The van der Waals surface area contributed by atoms with Gasteiger partial charge in [-0.15, -0.1) is 11.3 Å². The maximum absolute atomic E-state index is 12.6. The van der Waals surface area contributed by atoms with E-state index in [1.807, 2.05) is 18.2 Å². The second kappa shape index (κ2) is 10.0.